The van der Waals surface area contributed by atoms with Crippen molar-refractivity contribution in [3.63, 3.8) is 0 Å². The van der Waals surface area contributed by atoms with Crippen LogP contribution >= 0.6 is 0 Å². The van der Waals surface area contributed by atoms with E-state index in [9.17, 15) is 18.0 Å². The van der Waals surface area contributed by atoms with Crippen molar-refractivity contribution in [3.8, 4) is 17.2 Å². The van der Waals surface area contributed by atoms with Crippen LogP contribution in [-0.2, 0) is 17.6 Å². The van der Waals surface area contributed by atoms with Crippen LogP contribution in [0.4, 0.5) is 13.2 Å². The molecule has 200 valence electrons. The average Bonchev–Trinajstić information content (AvgIpc) is 2.83. The fourth-order valence-corrected chi connectivity index (χ4v) is 4.67. The number of carbonyl (C=O) groups is 1. The van der Waals surface area contributed by atoms with Gasteiger partial charge in [0.2, 0.25) is 0 Å². The van der Waals surface area contributed by atoms with Gasteiger partial charge in [-0.3, -0.25) is 9.69 Å². The molecule has 0 amide bonds. The number of alkyl halides is 3. The Labute approximate surface area is 214 Å². The van der Waals surface area contributed by atoms with Crippen LogP contribution in [0.1, 0.15) is 49.8 Å². The predicted octanol–water partition coefficient (Wildman–Crippen LogP) is 6.03. The summed E-state index contributed by atoms with van der Waals surface area (Å²) in [6.45, 7) is 6.29. The second-order valence-electron chi connectivity index (χ2n) is 9.89. The molecule has 0 bridgehead atoms. The first-order valence-corrected chi connectivity index (χ1v) is 12.5. The molecule has 2 aliphatic rings. The number of hydrogen-bond acceptors (Lipinski definition) is 5. The van der Waals surface area contributed by atoms with E-state index in [1.54, 1.807) is 32.0 Å². The lowest BCUT2D eigenvalue weighted by molar-refractivity contribution is -0.139. The van der Waals surface area contributed by atoms with Crippen molar-refractivity contribution < 1.29 is 37.3 Å². The molecule has 1 saturated heterocycles. The minimum Gasteiger partial charge on any atom is -0.490 e. The van der Waals surface area contributed by atoms with Crippen molar-refractivity contribution in [3.05, 3.63) is 58.7 Å². The molecule has 0 saturated carbocycles. The van der Waals surface area contributed by atoms with Crippen molar-refractivity contribution in [1.82, 2.24) is 4.90 Å². The van der Waals surface area contributed by atoms with Gasteiger partial charge in [0.25, 0.3) is 0 Å². The molecule has 0 unspecified atom stereocenters. The monoisotopic (exact) mass is 519 g/mol. The molecule has 2 aliphatic heterocycles. The van der Waals surface area contributed by atoms with Crippen molar-refractivity contribution in [2.45, 2.75) is 52.0 Å². The van der Waals surface area contributed by atoms with Crippen molar-refractivity contribution in [2.24, 2.45) is 5.92 Å². The lowest BCUT2D eigenvalue weighted by Crippen LogP contribution is -2.36. The minimum atomic E-state index is -4.53. The molecule has 2 aromatic carbocycles. The average molecular weight is 520 g/mol. The van der Waals surface area contributed by atoms with E-state index in [1.807, 2.05) is 6.07 Å². The van der Waals surface area contributed by atoms with Gasteiger partial charge in [0.15, 0.2) is 0 Å². The number of fused-ring (bicyclic) bond motifs is 1. The summed E-state index contributed by atoms with van der Waals surface area (Å²) in [4.78, 5) is 13.2. The Hall–Kier alpha value is -3.20. The number of hydrogen-bond donors (Lipinski definition) is 1. The van der Waals surface area contributed by atoms with Gasteiger partial charge in [-0.2, -0.15) is 13.2 Å². The lowest BCUT2D eigenvalue weighted by atomic mass is 9.93. The maximum absolute atomic E-state index is 13.5. The van der Waals surface area contributed by atoms with E-state index in [1.165, 1.54) is 6.07 Å². The summed E-state index contributed by atoms with van der Waals surface area (Å²) in [6, 6.07) is 9.37. The molecule has 0 atom stereocenters. The summed E-state index contributed by atoms with van der Waals surface area (Å²) in [6.07, 6.45) is -0.804. The smallest absolute Gasteiger partial charge is 0.419 e. The van der Waals surface area contributed by atoms with Crippen LogP contribution in [0.25, 0.3) is 6.08 Å². The Kier molecular flexibility index (Phi) is 8.32. The van der Waals surface area contributed by atoms with Crippen LogP contribution in [0.3, 0.4) is 0 Å². The Morgan fingerprint density at radius 3 is 2.59 bits per heavy atom. The van der Waals surface area contributed by atoms with Crippen molar-refractivity contribution >= 4 is 12.0 Å². The summed E-state index contributed by atoms with van der Waals surface area (Å²) in [5.41, 5.74) is 1.63. The Morgan fingerprint density at radius 2 is 1.92 bits per heavy atom. The third-order valence-electron chi connectivity index (χ3n) is 6.47. The highest BCUT2D eigenvalue weighted by atomic mass is 19.4. The molecule has 0 radical (unpaired) electrons. The van der Waals surface area contributed by atoms with Gasteiger partial charge in [0.1, 0.15) is 30.5 Å². The third-order valence-corrected chi connectivity index (χ3v) is 6.47. The molecule has 2 heterocycles. The standard InChI is InChI=1S/C28H32F3NO5/c1-18(2)37-25-6-3-20(12-24(25)28(29,30)31)16-35-23-5-4-22-11-21(17-36-26(22)14-23)15-32-9-7-19(8-10-32)13-27(33)34/h3-6,11-12,14,18-19H,7-10,13,15-17H2,1-2H3,(H,33,34). The number of ether oxygens (including phenoxy) is 3. The number of benzene rings is 2. The predicted molar refractivity (Wildman–Crippen MR) is 133 cm³/mol. The first-order valence-electron chi connectivity index (χ1n) is 12.5. The van der Waals surface area contributed by atoms with Crippen LogP contribution in [-0.4, -0.2) is 48.3 Å². The molecule has 2 aromatic rings. The van der Waals surface area contributed by atoms with E-state index < -0.39 is 17.7 Å². The number of likely N-dealkylation sites (tertiary alicyclic amines) is 1. The van der Waals surface area contributed by atoms with Crippen LogP contribution in [0, 0.1) is 5.92 Å². The molecular formula is C28H32F3NO5. The van der Waals surface area contributed by atoms with E-state index >= 15 is 0 Å². The van der Waals surface area contributed by atoms with Gasteiger partial charge in [-0.1, -0.05) is 6.07 Å². The van der Waals surface area contributed by atoms with Crippen LogP contribution < -0.4 is 14.2 Å². The number of piperidine rings is 1. The van der Waals surface area contributed by atoms with E-state index in [0.717, 1.165) is 49.7 Å². The topological polar surface area (TPSA) is 68.2 Å². The summed E-state index contributed by atoms with van der Waals surface area (Å²) >= 11 is 0. The van der Waals surface area contributed by atoms with Gasteiger partial charge in [-0.15, -0.1) is 0 Å². The van der Waals surface area contributed by atoms with Crippen LogP contribution in [0.5, 0.6) is 17.2 Å². The van der Waals surface area contributed by atoms with Gasteiger partial charge in [0, 0.05) is 24.6 Å². The normalized spacial score (nSPS) is 16.6. The fraction of sp³-hybridized carbons (Fsp3) is 0.464. The van der Waals surface area contributed by atoms with E-state index in [0.29, 0.717) is 23.7 Å². The molecule has 6 nitrogen and oxygen atoms in total. The number of carboxylic acids is 1. The van der Waals surface area contributed by atoms with Crippen molar-refractivity contribution in [1.29, 1.82) is 0 Å². The minimum absolute atomic E-state index is 0.0251. The second-order valence-corrected chi connectivity index (χ2v) is 9.89. The lowest BCUT2D eigenvalue weighted by Gasteiger charge is -2.32. The molecular weight excluding hydrogens is 487 g/mol. The molecule has 0 aliphatic carbocycles. The van der Waals surface area contributed by atoms with Gasteiger partial charge in [0.05, 0.1) is 11.7 Å². The quantitative estimate of drug-likeness (QED) is 0.436. The zero-order valence-electron chi connectivity index (χ0n) is 21.0. The molecule has 0 spiro atoms. The highest BCUT2D eigenvalue weighted by Crippen LogP contribution is 2.38. The van der Waals surface area contributed by atoms with E-state index in [2.05, 4.69) is 11.0 Å². The van der Waals surface area contributed by atoms with Gasteiger partial charge >= 0.3 is 12.1 Å². The number of halogens is 3. The summed E-state index contributed by atoms with van der Waals surface area (Å²) < 4.78 is 57.6. The molecule has 1 fully saturated rings. The van der Waals surface area contributed by atoms with E-state index in [-0.39, 0.29) is 30.8 Å². The Bertz CT molecular complexity index is 1140. The first kappa shape index (κ1) is 26.9. The summed E-state index contributed by atoms with van der Waals surface area (Å²) in [5, 5.41) is 8.98. The zero-order chi connectivity index (χ0) is 26.6. The number of carboxylic acid groups (broad SMARTS) is 1. The number of aliphatic carboxylic acids is 1. The van der Waals surface area contributed by atoms with Gasteiger partial charge < -0.3 is 19.3 Å². The Morgan fingerprint density at radius 1 is 1.16 bits per heavy atom. The molecule has 37 heavy (non-hydrogen) atoms. The van der Waals surface area contributed by atoms with Gasteiger partial charge in [-0.05, 0) is 87.2 Å². The molecule has 9 heteroatoms. The second kappa shape index (κ2) is 11.5. The fourth-order valence-electron chi connectivity index (χ4n) is 4.67. The highest BCUT2D eigenvalue weighted by molar-refractivity contribution is 5.67. The SMILES string of the molecule is CC(C)Oc1ccc(COc2ccc3c(c2)OCC(CN2CCC(CC(=O)O)CC2)=C3)cc1C(F)(F)F. The van der Waals surface area contributed by atoms with Gasteiger partial charge in [-0.25, -0.2) is 0 Å². The maximum Gasteiger partial charge on any atom is 0.419 e. The first-order chi connectivity index (χ1) is 17.6. The maximum atomic E-state index is 13.5. The Balaban J connectivity index is 1.35. The molecule has 0 aromatic heterocycles. The summed E-state index contributed by atoms with van der Waals surface area (Å²) in [7, 11) is 0. The number of rotatable bonds is 9. The molecule has 4 rings (SSSR count). The molecule has 1 N–H and O–H groups in total. The zero-order valence-corrected chi connectivity index (χ0v) is 21.0. The third kappa shape index (κ3) is 7.41. The van der Waals surface area contributed by atoms with Crippen LogP contribution in [0.2, 0.25) is 0 Å². The number of nitrogens with zero attached hydrogens (tertiary/aromatic N) is 1. The largest absolute Gasteiger partial charge is 0.490 e. The summed E-state index contributed by atoms with van der Waals surface area (Å²) in [5.74, 6) is 0.490. The highest BCUT2D eigenvalue weighted by Gasteiger charge is 2.35. The van der Waals surface area contributed by atoms with Crippen LogP contribution in [0.15, 0.2) is 42.0 Å². The van der Waals surface area contributed by atoms with Crippen molar-refractivity contribution in [2.75, 3.05) is 26.2 Å². The van der Waals surface area contributed by atoms with E-state index in [4.69, 9.17) is 19.3 Å².